The van der Waals surface area contributed by atoms with Gasteiger partial charge in [-0.1, -0.05) is 61.8 Å². The van der Waals surface area contributed by atoms with E-state index in [1.54, 1.807) is 18.2 Å². The van der Waals surface area contributed by atoms with Gasteiger partial charge in [-0.3, -0.25) is 10.1 Å². The molecule has 3 aromatic rings. The minimum absolute atomic E-state index is 0.210. The number of rotatable bonds is 6. The summed E-state index contributed by atoms with van der Waals surface area (Å²) in [6.45, 7) is 4.43. The zero-order valence-corrected chi connectivity index (χ0v) is 16.8. The first-order valence-corrected chi connectivity index (χ1v) is 10.0. The summed E-state index contributed by atoms with van der Waals surface area (Å²) >= 11 is 7.27. The number of hydrogen-bond donors (Lipinski definition) is 1. The fourth-order valence-corrected chi connectivity index (χ4v) is 3.49. The largest absolute Gasteiger partial charge is 0.298 e. The van der Waals surface area contributed by atoms with Crippen molar-refractivity contribution in [1.82, 2.24) is 4.98 Å². The maximum absolute atomic E-state index is 12.1. The van der Waals surface area contributed by atoms with Gasteiger partial charge in [0.1, 0.15) is 0 Å². The quantitative estimate of drug-likeness (QED) is 0.496. The van der Waals surface area contributed by atoms with E-state index in [0.29, 0.717) is 16.1 Å². The van der Waals surface area contributed by atoms with Crippen LogP contribution in [0, 0.1) is 5.92 Å². The number of carbonyl (C=O) groups excluding carboxylic acids is 1. The predicted molar refractivity (Wildman–Crippen MR) is 115 cm³/mol. The minimum atomic E-state index is -0.210. The summed E-state index contributed by atoms with van der Waals surface area (Å²) in [6, 6.07) is 15.7. The summed E-state index contributed by atoms with van der Waals surface area (Å²) in [4.78, 5) is 16.6. The van der Waals surface area contributed by atoms with Gasteiger partial charge in [0.15, 0.2) is 5.13 Å². The molecule has 3 nitrogen and oxygen atoms in total. The van der Waals surface area contributed by atoms with Gasteiger partial charge in [0.05, 0.1) is 5.69 Å². The molecule has 0 fully saturated rings. The van der Waals surface area contributed by atoms with E-state index in [1.165, 1.54) is 23.0 Å². The molecule has 138 valence electrons. The minimum Gasteiger partial charge on any atom is -0.298 e. The molecule has 1 heterocycles. The van der Waals surface area contributed by atoms with Crippen molar-refractivity contribution >= 4 is 40.1 Å². The van der Waals surface area contributed by atoms with Crippen LogP contribution in [0.2, 0.25) is 5.02 Å². The highest BCUT2D eigenvalue weighted by Gasteiger charge is 2.07. The molecule has 0 atom stereocenters. The molecule has 0 aliphatic carbocycles. The fraction of sp³-hybridized carbons (Fsp3) is 0.182. The van der Waals surface area contributed by atoms with E-state index < -0.39 is 0 Å². The number of nitrogens with zero attached hydrogens (tertiary/aromatic N) is 1. The summed E-state index contributed by atoms with van der Waals surface area (Å²) in [5.41, 5.74) is 4.16. The lowest BCUT2D eigenvalue weighted by Gasteiger charge is -2.05. The third-order valence-electron chi connectivity index (χ3n) is 3.93. The molecule has 0 bridgehead atoms. The number of hydrogen-bond acceptors (Lipinski definition) is 3. The number of halogens is 1. The first-order chi connectivity index (χ1) is 13.0. The van der Waals surface area contributed by atoms with E-state index in [0.717, 1.165) is 23.2 Å². The van der Waals surface area contributed by atoms with Crippen molar-refractivity contribution in [2.24, 2.45) is 5.92 Å². The van der Waals surface area contributed by atoms with Crippen LogP contribution in [0.25, 0.3) is 17.3 Å². The highest BCUT2D eigenvalue weighted by molar-refractivity contribution is 7.14. The van der Waals surface area contributed by atoms with Crippen LogP contribution >= 0.6 is 22.9 Å². The van der Waals surface area contributed by atoms with Crippen LogP contribution in [0.3, 0.4) is 0 Å². The standard InChI is InChI=1S/C22H21ClN2OS/c1-15(2)13-17-3-8-18(9-4-17)20-14-27-22(24-20)25-21(26)12-7-16-5-10-19(23)11-6-16/h3-12,14-15H,13H2,1-2H3,(H,24,25,26). The van der Waals surface area contributed by atoms with E-state index >= 15 is 0 Å². The Morgan fingerprint density at radius 3 is 2.52 bits per heavy atom. The Hall–Kier alpha value is -2.43. The van der Waals surface area contributed by atoms with Gasteiger partial charge in [0.2, 0.25) is 5.91 Å². The lowest BCUT2D eigenvalue weighted by molar-refractivity contribution is -0.111. The lowest BCUT2D eigenvalue weighted by atomic mass is 10.0. The Kier molecular flexibility index (Phi) is 6.43. The van der Waals surface area contributed by atoms with Gasteiger partial charge in [-0.15, -0.1) is 11.3 Å². The van der Waals surface area contributed by atoms with Gasteiger partial charge < -0.3 is 0 Å². The van der Waals surface area contributed by atoms with Crippen LogP contribution < -0.4 is 5.32 Å². The maximum Gasteiger partial charge on any atom is 0.250 e. The molecule has 0 spiro atoms. The number of anilines is 1. The monoisotopic (exact) mass is 396 g/mol. The van der Waals surface area contributed by atoms with Crippen molar-refractivity contribution < 1.29 is 4.79 Å². The molecule has 0 saturated carbocycles. The number of carbonyl (C=O) groups is 1. The summed E-state index contributed by atoms with van der Waals surface area (Å²) in [5.74, 6) is 0.427. The number of benzene rings is 2. The van der Waals surface area contributed by atoms with Crippen molar-refractivity contribution in [2.45, 2.75) is 20.3 Å². The van der Waals surface area contributed by atoms with Crippen LogP contribution in [0.5, 0.6) is 0 Å². The Balaban J connectivity index is 1.61. The van der Waals surface area contributed by atoms with Crippen molar-refractivity contribution in [1.29, 1.82) is 0 Å². The SMILES string of the molecule is CC(C)Cc1ccc(-c2csc(NC(=O)C=Cc3ccc(Cl)cc3)n2)cc1. The topological polar surface area (TPSA) is 42.0 Å². The van der Waals surface area contributed by atoms with Gasteiger partial charge in [-0.05, 0) is 41.7 Å². The Morgan fingerprint density at radius 1 is 1.15 bits per heavy atom. The molecule has 0 aliphatic rings. The second kappa shape index (κ2) is 8.98. The third-order valence-corrected chi connectivity index (χ3v) is 4.93. The molecule has 0 unspecified atom stereocenters. The maximum atomic E-state index is 12.1. The molecular weight excluding hydrogens is 376 g/mol. The van der Waals surface area contributed by atoms with Crippen molar-refractivity contribution in [3.05, 3.63) is 76.1 Å². The van der Waals surface area contributed by atoms with Crippen LogP contribution in [0.15, 0.2) is 60.0 Å². The van der Waals surface area contributed by atoms with Crippen molar-refractivity contribution in [3.63, 3.8) is 0 Å². The van der Waals surface area contributed by atoms with Crippen LogP contribution in [-0.2, 0) is 11.2 Å². The van der Waals surface area contributed by atoms with Gasteiger partial charge >= 0.3 is 0 Å². The molecule has 1 amide bonds. The lowest BCUT2D eigenvalue weighted by Crippen LogP contribution is -2.07. The zero-order chi connectivity index (χ0) is 19.2. The molecule has 1 aromatic heterocycles. The van der Waals surface area contributed by atoms with Crippen molar-refractivity contribution in [2.75, 3.05) is 5.32 Å². The fourth-order valence-electron chi connectivity index (χ4n) is 2.64. The summed E-state index contributed by atoms with van der Waals surface area (Å²) < 4.78 is 0. The van der Waals surface area contributed by atoms with Gasteiger partial charge in [-0.25, -0.2) is 4.98 Å². The van der Waals surface area contributed by atoms with Crippen LogP contribution in [0.4, 0.5) is 5.13 Å². The predicted octanol–water partition coefficient (Wildman–Crippen LogP) is 6.31. The first kappa shape index (κ1) is 19.3. The Labute approximate surface area is 168 Å². The third kappa shape index (κ3) is 5.78. The molecule has 0 aliphatic heterocycles. The summed E-state index contributed by atoms with van der Waals surface area (Å²) in [5, 5.41) is 6.02. The first-order valence-electron chi connectivity index (χ1n) is 8.79. The molecule has 2 aromatic carbocycles. The number of aromatic nitrogens is 1. The van der Waals surface area contributed by atoms with E-state index in [1.807, 2.05) is 17.5 Å². The average molecular weight is 397 g/mol. The number of amides is 1. The van der Waals surface area contributed by atoms with Crippen LogP contribution in [0.1, 0.15) is 25.0 Å². The van der Waals surface area contributed by atoms with Gasteiger partial charge in [-0.2, -0.15) is 0 Å². The molecule has 3 rings (SSSR count). The normalized spacial score (nSPS) is 11.3. The number of nitrogens with one attached hydrogen (secondary N) is 1. The Morgan fingerprint density at radius 2 is 1.85 bits per heavy atom. The average Bonchev–Trinajstić information content (AvgIpc) is 3.10. The zero-order valence-electron chi connectivity index (χ0n) is 15.3. The van der Waals surface area contributed by atoms with Crippen molar-refractivity contribution in [3.8, 4) is 11.3 Å². The van der Waals surface area contributed by atoms with E-state index in [-0.39, 0.29) is 5.91 Å². The second-order valence-electron chi connectivity index (χ2n) is 6.71. The molecular formula is C22H21ClN2OS. The highest BCUT2D eigenvalue weighted by atomic mass is 35.5. The molecule has 0 radical (unpaired) electrons. The molecule has 5 heteroatoms. The van der Waals surface area contributed by atoms with Gasteiger partial charge in [0, 0.05) is 22.0 Å². The summed E-state index contributed by atoms with van der Waals surface area (Å²) in [6.07, 6.45) is 4.30. The Bertz CT molecular complexity index is 928. The number of thiazole rings is 1. The van der Waals surface area contributed by atoms with E-state index in [9.17, 15) is 4.79 Å². The second-order valence-corrected chi connectivity index (χ2v) is 8.00. The summed E-state index contributed by atoms with van der Waals surface area (Å²) in [7, 11) is 0. The highest BCUT2D eigenvalue weighted by Crippen LogP contribution is 2.25. The molecule has 0 saturated heterocycles. The molecule has 27 heavy (non-hydrogen) atoms. The van der Waals surface area contributed by atoms with Gasteiger partial charge in [0.25, 0.3) is 0 Å². The molecule has 1 N–H and O–H groups in total. The van der Waals surface area contributed by atoms with E-state index in [4.69, 9.17) is 11.6 Å². The van der Waals surface area contributed by atoms with E-state index in [2.05, 4.69) is 48.4 Å². The van der Waals surface area contributed by atoms with Crippen LogP contribution in [-0.4, -0.2) is 10.9 Å². The smallest absolute Gasteiger partial charge is 0.250 e.